The zero-order valence-electron chi connectivity index (χ0n) is 6.87. The Balaban J connectivity index is 0.000000980. The molecule has 0 spiro atoms. The van der Waals surface area contributed by atoms with Crippen LogP contribution in [0.3, 0.4) is 0 Å². The summed E-state index contributed by atoms with van der Waals surface area (Å²) in [5.74, 6) is 0.0918. The number of nitrogens with two attached hydrogens (primary N) is 1. The maximum absolute atomic E-state index is 13.1. The van der Waals surface area contributed by atoms with E-state index in [9.17, 15) is 4.39 Å². The molecule has 0 fully saturated rings. The molecule has 1 aromatic carbocycles. The van der Waals surface area contributed by atoms with Gasteiger partial charge in [-0.3, -0.25) is 0 Å². The molecule has 2 N–H and O–H groups in total. The summed E-state index contributed by atoms with van der Waals surface area (Å²) in [5.41, 5.74) is 6.13. The monoisotopic (exact) mass is 325 g/mol. The van der Waals surface area contributed by atoms with Gasteiger partial charge in [-0.15, -0.1) is 12.4 Å². The van der Waals surface area contributed by atoms with Gasteiger partial charge in [-0.05, 0) is 28.7 Å². The Morgan fingerprint density at radius 3 is 2.71 bits per heavy atom. The number of halogens is 3. The molecule has 0 bridgehead atoms. The van der Waals surface area contributed by atoms with Crippen LogP contribution in [0.2, 0.25) is 0 Å². The first-order chi connectivity index (χ1) is 6.18. The molecule has 0 saturated carbocycles. The predicted molar refractivity (Wildman–Crippen MR) is 63.9 cm³/mol. The Labute approximate surface area is 99.5 Å². The Morgan fingerprint density at radius 1 is 1.29 bits per heavy atom. The van der Waals surface area contributed by atoms with Gasteiger partial charge in [0, 0.05) is 15.0 Å². The van der Waals surface area contributed by atoms with Crippen LogP contribution >= 0.6 is 35.0 Å². The molecule has 1 heterocycles. The maximum atomic E-state index is 13.1. The van der Waals surface area contributed by atoms with Gasteiger partial charge in [0.1, 0.15) is 18.0 Å². The predicted octanol–water partition coefficient (Wildman–Crippen LogP) is 2.38. The average molecular weight is 326 g/mol. The molecular formula is C8H6ClFIN3. The Bertz CT molecular complexity index is 477. The van der Waals surface area contributed by atoms with Crippen LogP contribution in [-0.4, -0.2) is 9.97 Å². The molecule has 14 heavy (non-hydrogen) atoms. The van der Waals surface area contributed by atoms with Crippen molar-refractivity contribution in [2.75, 3.05) is 5.73 Å². The largest absolute Gasteiger partial charge is 0.383 e. The summed E-state index contributed by atoms with van der Waals surface area (Å²) in [6.07, 6.45) is 1.32. The van der Waals surface area contributed by atoms with E-state index in [4.69, 9.17) is 5.73 Å². The molecule has 2 aromatic rings. The highest BCUT2D eigenvalue weighted by molar-refractivity contribution is 14.1. The van der Waals surface area contributed by atoms with Gasteiger partial charge in [-0.1, -0.05) is 0 Å². The van der Waals surface area contributed by atoms with Crippen molar-refractivity contribution in [2.45, 2.75) is 0 Å². The van der Waals surface area contributed by atoms with E-state index < -0.39 is 0 Å². The highest BCUT2D eigenvalue weighted by Gasteiger charge is 2.05. The van der Waals surface area contributed by atoms with Crippen LogP contribution in [-0.2, 0) is 0 Å². The summed E-state index contributed by atoms with van der Waals surface area (Å²) in [7, 11) is 0. The quantitative estimate of drug-likeness (QED) is 0.757. The average Bonchev–Trinajstić information content (AvgIpc) is 2.09. The fraction of sp³-hybridized carbons (Fsp3) is 0. The molecule has 6 heteroatoms. The van der Waals surface area contributed by atoms with Crippen molar-refractivity contribution in [2.24, 2.45) is 0 Å². The number of hydrogen-bond acceptors (Lipinski definition) is 3. The number of nitrogens with zero attached hydrogens (tertiary/aromatic N) is 2. The van der Waals surface area contributed by atoms with Crippen LogP contribution in [0.4, 0.5) is 10.2 Å². The molecule has 3 nitrogen and oxygen atoms in total. The molecule has 2 rings (SSSR count). The SMILES string of the molecule is Cl.Nc1ncnc2cc(F)c(I)cc12. The molecule has 0 aliphatic carbocycles. The minimum Gasteiger partial charge on any atom is -0.383 e. The molecule has 0 radical (unpaired) electrons. The molecule has 0 amide bonds. The van der Waals surface area contributed by atoms with Gasteiger partial charge >= 0.3 is 0 Å². The standard InChI is InChI=1S/C8H5FIN3.ClH/c9-5-2-7-4(1-6(5)10)8(11)13-3-12-7;/h1-3H,(H2,11,12,13);1H. The third-order valence-electron chi connectivity index (χ3n) is 1.71. The summed E-state index contributed by atoms with van der Waals surface area (Å²) >= 11 is 1.90. The molecule has 0 aliphatic heterocycles. The Hall–Kier alpha value is -0.690. The first kappa shape index (κ1) is 11.4. The lowest BCUT2D eigenvalue weighted by Gasteiger charge is -2.00. The second-order valence-corrected chi connectivity index (χ2v) is 3.70. The smallest absolute Gasteiger partial charge is 0.138 e. The van der Waals surface area contributed by atoms with Gasteiger partial charge in [0.25, 0.3) is 0 Å². The highest BCUT2D eigenvalue weighted by atomic mass is 127. The van der Waals surface area contributed by atoms with E-state index >= 15 is 0 Å². The van der Waals surface area contributed by atoms with Gasteiger partial charge in [-0.2, -0.15) is 0 Å². The fourth-order valence-corrected chi connectivity index (χ4v) is 1.54. The number of fused-ring (bicyclic) bond motifs is 1. The first-order valence-corrected chi connectivity index (χ1v) is 4.61. The van der Waals surface area contributed by atoms with Crippen LogP contribution in [0, 0.1) is 9.39 Å². The number of aromatic nitrogens is 2. The normalized spacial score (nSPS) is 9.86. The molecule has 74 valence electrons. The van der Waals surface area contributed by atoms with Gasteiger partial charge in [0.2, 0.25) is 0 Å². The van der Waals surface area contributed by atoms with Gasteiger partial charge in [0.05, 0.1) is 5.52 Å². The zero-order valence-corrected chi connectivity index (χ0v) is 9.84. The van der Waals surface area contributed by atoms with E-state index in [1.165, 1.54) is 12.4 Å². The molecular weight excluding hydrogens is 319 g/mol. The van der Waals surface area contributed by atoms with Crippen molar-refractivity contribution in [1.82, 2.24) is 9.97 Å². The van der Waals surface area contributed by atoms with Crippen molar-refractivity contribution >= 4 is 51.7 Å². The van der Waals surface area contributed by atoms with Crippen molar-refractivity contribution in [3.8, 4) is 0 Å². The summed E-state index contributed by atoms with van der Waals surface area (Å²) in [4.78, 5) is 7.73. The molecule has 0 saturated heterocycles. The van der Waals surface area contributed by atoms with Gasteiger partial charge in [0.15, 0.2) is 0 Å². The Kier molecular flexibility index (Phi) is 3.43. The minimum absolute atomic E-state index is 0. The van der Waals surface area contributed by atoms with E-state index in [2.05, 4.69) is 9.97 Å². The maximum Gasteiger partial charge on any atom is 0.138 e. The first-order valence-electron chi connectivity index (χ1n) is 3.53. The van der Waals surface area contributed by atoms with Gasteiger partial charge in [-0.25, -0.2) is 14.4 Å². The molecule has 0 unspecified atom stereocenters. The lowest BCUT2D eigenvalue weighted by atomic mass is 10.2. The number of benzene rings is 1. The number of nitrogen functional groups attached to an aromatic ring is 1. The zero-order chi connectivity index (χ0) is 9.42. The second-order valence-electron chi connectivity index (χ2n) is 2.54. The van der Waals surface area contributed by atoms with Crippen LogP contribution < -0.4 is 5.73 Å². The highest BCUT2D eigenvalue weighted by Crippen LogP contribution is 2.21. The Morgan fingerprint density at radius 2 is 2.00 bits per heavy atom. The third-order valence-corrected chi connectivity index (χ3v) is 2.53. The fourth-order valence-electron chi connectivity index (χ4n) is 1.07. The summed E-state index contributed by atoms with van der Waals surface area (Å²) in [5, 5.41) is 0.688. The molecule has 0 atom stereocenters. The number of rotatable bonds is 0. The second kappa shape index (κ2) is 4.22. The van der Waals surface area contributed by atoms with Crippen molar-refractivity contribution in [3.63, 3.8) is 0 Å². The van der Waals surface area contributed by atoms with Crippen molar-refractivity contribution in [3.05, 3.63) is 27.8 Å². The minimum atomic E-state index is -0.286. The summed E-state index contributed by atoms with van der Waals surface area (Å²) in [6, 6.07) is 3.00. The number of hydrogen-bond donors (Lipinski definition) is 1. The molecule has 1 aromatic heterocycles. The van der Waals surface area contributed by atoms with E-state index in [0.29, 0.717) is 20.3 Å². The lowest BCUT2D eigenvalue weighted by Crippen LogP contribution is -1.94. The van der Waals surface area contributed by atoms with Gasteiger partial charge < -0.3 is 5.73 Å². The van der Waals surface area contributed by atoms with Crippen LogP contribution in [0.25, 0.3) is 10.9 Å². The molecule has 0 aliphatic rings. The van der Waals surface area contributed by atoms with E-state index in [0.717, 1.165) is 0 Å². The van der Waals surface area contributed by atoms with E-state index in [-0.39, 0.29) is 18.2 Å². The topological polar surface area (TPSA) is 51.8 Å². The van der Waals surface area contributed by atoms with Crippen molar-refractivity contribution in [1.29, 1.82) is 0 Å². The van der Waals surface area contributed by atoms with Crippen molar-refractivity contribution < 1.29 is 4.39 Å². The third kappa shape index (κ3) is 1.88. The lowest BCUT2D eigenvalue weighted by molar-refractivity contribution is 0.622. The van der Waals surface area contributed by atoms with E-state index in [1.807, 2.05) is 22.6 Å². The van der Waals surface area contributed by atoms with E-state index in [1.54, 1.807) is 6.07 Å². The van der Waals surface area contributed by atoms with Crippen LogP contribution in [0.15, 0.2) is 18.5 Å². The van der Waals surface area contributed by atoms with Crippen LogP contribution in [0.1, 0.15) is 0 Å². The number of anilines is 1. The summed E-state index contributed by atoms with van der Waals surface area (Å²) < 4.78 is 13.6. The van der Waals surface area contributed by atoms with Crippen LogP contribution in [0.5, 0.6) is 0 Å². The summed E-state index contributed by atoms with van der Waals surface area (Å²) in [6.45, 7) is 0.